The fourth-order valence-corrected chi connectivity index (χ4v) is 3.94. The summed E-state index contributed by atoms with van der Waals surface area (Å²) in [5.74, 6) is 0.650. The molecular formula is C24H31N3O2. The number of hydrogen-bond acceptors (Lipinski definition) is 3. The molecule has 0 spiro atoms. The third kappa shape index (κ3) is 4.84. The highest BCUT2D eigenvalue weighted by Crippen LogP contribution is 2.33. The summed E-state index contributed by atoms with van der Waals surface area (Å²) in [6, 6.07) is 9.82. The van der Waals surface area contributed by atoms with Gasteiger partial charge in [-0.2, -0.15) is 0 Å². The number of likely N-dealkylation sites (tertiary alicyclic amines) is 1. The fourth-order valence-electron chi connectivity index (χ4n) is 3.94. The van der Waals surface area contributed by atoms with Crippen molar-refractivity contribution in [2.24, 2.45) is 5.92 Å². The zero-order valence-electron chi connectivity index (χ0n) is 17.8. The van der Waals surface area contributed by atoms with E-state index in [0.717, 1.165) is 5.69 Å². The van der Waals surface area contributed by atoms with Crippen molar-refractivity contribution in [3.05, 3.63) is 59.4 Å². The Hall–Kier alpha value is -2.69. The van der Waals surface area contributed by atoms with E-state index >= 15 is 0 Å². The van der Waals surface area contributed by atoms with Crippen molar-refractivity contribution < 1.29 is 9.59 Å². The molecule has 1 aliphatic rings. The van der Waals surface area contributed by atoms with Crippen molar-refractivity contribution in [3.63, 3.8) is 0 Å². The summed E-state index contributed by atoms with van der Waals surface area (Å²) in [6.07, 6.45) is 4.61. The molecule has 1 aromatic carbocycles. The number of carbonyl (C=O) groups excluding carboxylic acids is 2. The average Bonchev–Trinajstić information content (AvgIpc) is 2.73. The zero-order valence-corrected chi connectivity index (χ0v) is 17.8. The van der Waals surface area contributed by atoms with Gasteiger partial charge in [0, 0.05) is 37.1 Å². The van der Waals surface area contributed by atoms with E-state index in [-0.39, 0.29) is 17.7 Å². The lowest BCUT2D eigenvalue weighted by Crippen LogP contribution is -2.41. The first kappa shape index (κ1) is 21.0. The van der Waals surface area contributed by atoms with Crippen molar-refractivity contribution >= 4 is 17.5 Å². The second-order valence-corrected chi connectivity index (χ2v) is 8.42. The van der Waals surface area contributed by atoms with Crippen LogP contribution < -0.4 is 5.32 Å². The van der Waals surface area contributed by atoms with E-state index in [9.17, 15) is 9.59 Å². The number of carbonyl (C=O) groups is 2. The fraction of sp³-hybridized carbons (Fsp3) is 0.458. The van der Waals surface area contributed by atoms with Gasteiger partial charge < -0.3 is 10.2 Å². The Morgan fingerprint density at radius 2 is 1.62 bits per heavy atom. The number of nitrogens with zero attached hydrogens (tertiary/aromatic N) is 2. The van der Waals surface area contributed by atoms with Crippen LogP contribution in [0.2, 0.25) is 0 Å². The number of piperidine rings is 1. The molecule has 154 valence electrons. The Balaban J connectivity index is 1.67. The van der Waals surface area contributed by atoms with E-state index in [2.05, 4.69) is 56.2 Å². The molecular weight excluding hydrogens is 362 g/mol. The molecule has 2 amide bonds. The minimum atomic E-state index is -0.0758. The maximum Gasteiger partial charge on any atom is 0.255 e. The second kappa shape index (κ2) is 9.21. The quantitative estimate of drug-likeness (QED) is 0.792. The molecule has 0 saturated carbocycles. The van der Waals surface area contributed by atoms with Gasteiger partial charge in [0.05, 0.1) is 5.56 Å². The van der Waals surface area contributed by atoms with Crippen LogP contribution in [0.5, 0.6) is 0 Å². The third-order valence-electron chi connectivity index (χ3n) is 5.68. The Labute approximate surface area is 173 Å². The molecule has 0 aliphatic carbocycles. The first-order valence-corrected chi connectivity index (χ1v) is 10.5. The highest BCUT2D eigenvalue weighted by molar-refractivity contribution is 5.96. The summed E-state index contributed by atoms with van der Waals surface area (Å²) < 4.78 is 0. The van der Waals surface area contributed by atoms with E-state index in [1.807, 2.05) is 4.90 Å². The van der Waals surface area contributed by atoms with Gasteiger partial charge in [-0.15, -0.1) is 0 Å². The van der Waals surface area contributed by atoms with Crippen LogP contribution in [0.4, 0.5) is 5.69 Å². The van der Waals surface area contributed by atoms with E-state index in [1.54, 1.807) is 24.5 Å². The number of anilines is 1. The van der Waals surface area contributed by atoms with Crippen molar-refractivity contribution in [2.45, 2.75) is 52.4 Å². The predicted molar refractivity (Wildman–Crippen MR) is 116 cm³/mol. The largest absolute Gasteiger partial charge is 0.339 e. The summed E-state index contributed by atoms with van der Waals surface area (Å²) in [4.78, 5) is 31.5. The number of pyridine rings is 1. The number of amides is 2. The molecule has 5 nitrogen and oxygen atoms in total. The van der Waals surface area contributed by atoms with E-state index in [0.29, 0.717) is 43.3 Å². The number of para-hydroxylation sites is 1. The SMILES string of the molecule is CC(C)c1cccc(C(C)C)c1NC(=O)C1CCN(C(=O)c2cccnc2)CC1. The van der Waals surface area contributed by atoms with Crippen LogP contribution >= 0.6 is 0 Å². The van der Waals surface area contributed by atoms with Crippen LogP contribution in [0, 0.1) is 5.92 Å². The molecule has 1 N–H and O–H groups in total. The molecule has 2 heterocycles. The van der Waals surface area contributed by atoms with Crippen LogP contribution in [0.3, 0.4) is 0 Å². The zero-order chi connectivity index (χ0) is 21.0. The number of aromatic nitrogens is 1. The van der Waals surface area contributed by atoms with E-state index in [4.69, 9.17) is 0 Å². The van der Waals surface area contributed by atoms with Crippen molar-refractivity contribution in [1.82, 2.24) is 9.88 Å². The van der Waals surface area contributed by atoms with Crippen molar-refractivity contribution in [1.29, 1.82) is 0 Å². The van der Waals surface area contributed by atoms with Crippen molar-refractivity contribution in [2.75, 3.05) is 18.4 Å². The minimum absolute atomic E-state index is 0.00999. The number of benzene rings is 1. The van der Waals surface area contributed by atoms with Crippen LogP contribution in [0.25, 0.3) is 0 Å². The van der Waals surface area contributed by atoms with Gasteiger partial charge in [0.25, 0.3) is 5.91 Å². The molecule has 29 heavy (non-hydrogen) atoms. The summed E-state index contributed by atoms with van der Waals surface area (Å²) >= 11 is 0. The van der Waals surface area contributed by atoms with Crippen LogP contribution in [-0.4, -0.2) is 34.8 Å². The maximum absolute atomic E-state index is 13.0. The first-order valence-electron chi connectivity index (χ1n) is 10.5. The molecule has 1 fully saturated rings. The van der Waals surface area contributed by atoms with Crippen LogP contribution in [0.15, 0.2) is 42.7 Å². The summed E-state index contributed by atoms with van der Waals surface area (Å²) in [6.45, 7) is 9.79. The van der Waals surface area contributed by atoms with Gasteiger partial charge in [0.1, 0.15) is 0 Å². The molecule has 0 atom stereocenters. The standard InChI is InChI=1S/C24H31N3O2/c1-16(2)20-8-5-9-21(17(3)4)22(20)26-23(28)18-10-13-27(14-11-18)24(29)19-7-6-12-25-15-19/h5-9,12,15-18H,10-11,13-14H2,1-4H3,(H,26,28). The van der Waals surface area contributed by atoms with Gasteiger partial charge in [-0.3, -0.25) is 14.6 Å². The number of rotatable bonds is 5. The highest BCUT2D eigenvalue weighted by atomic mass is 16.2. The molecule has 1 aliphatic heterocycles. The third-order valence-corrected chi connectivity index (χ3v) is 5.68. The van der Waals surface area contributed by atoms with Crippen molar-refractivity contribution in [3.8, 4) is 0 Å². The first-order chi connectivity index (χ1) is 13.9. The predicted octanol–water partition coefficient (Wildman–Crippen LogP) is 4.82. The molecule has 0 radical (unpaired) electrons. The van der Waals surface area contributed by atoms with Crippen LogP contribution in [-0.2, 0) is 4.79 Å². The summed E-state index contributed by atoms with van der Waals surface area (Å²) in [5.41, 5.74) is 3.92. The lowest BCUT2D eigenvalue weighted by molar-refractivity contribution is -0.121. The average molecular weight is 394 g/mol. The Bertz CT molecular complexity index is 827. The van der Waals surface area contributed by atoms with Gasteiger partial charge >= 0.3 is 0 Å². The minimum Gasteiger partial charge on any atom is -0.339 e. The number of hydrogen-bond donors (Lipinski definition) is 1. The van der Waals surface area contributed by atoms with Gasteiger partial charge in [-0.25, -0.2) is 0 Å². The molecule has 0 bridgehead atoms. The van der Waals surface area contributed by atoms with E-state index in [1.165, 1.54) is 11.1 Å². The monoisotopic (exact) mass is 393 g/mol. The second-order valence-electron chi connectivity index (χ2n) is 8.42. The molecule has 5 heteroatoms. The molecule has 3 rings (SSSR count). The van der Waals surface area contributed by atoms with Crippen LogP contribution in [0.1, 0.15) is 73.9 Å². The van der Waals surface area contributed by atoms with E-state index < -0.39 is 0 Å². The Morgan fingerprint density at radius 3 is 2.14 bits per heavy atom. The lowest BCUT2D eigenvalue weighted by atomic mass is 9.91. The molecule has 0 unspecified atom stereocenters. The topological polar surface area (TPSA) is 62.3 Å². The molecule has 2 aromatic rings. The number of nitrogens with one attached hydrogen (secondary N) is 1. The maximum atomic E-state index is 13.0. The Kier molecular flexibility index (Phi) is 6.68. The van der Waals surface area contributed by atoms with Gasteiger partial charge in [0.15, 0.2) is 0 Å². The summed E-state index contributed by atoms with van der Waals surface area (Å²) in [5, 5.41) is 3.23. The molecule has 1 aromatic heterocycles. The lowest BCUT2D eigenvalue weighted by Gasteiger charge is -2.32. The van der Waals surface area contributed by atoms with Gasteiger partial charge in [-0.05, 0) is 47.9 Å². The highest BCUT2D eigenvalue weighted by Gasteiger charge is 2.29. The smallest absolute Gasteiger partial charge is 0.255 e. The van der Waals surface area contributed by atoms with Gasteiger partial charge in [0.2, 0.25) is 5.91 Å². The summed E-state index contributed by atoms with van der Waals surface area (Å²) in [7, 11) is 0. The Morgan fingerprint density at radius 1 is 1.00 bits per heavy atom. The normalized spacial score (nSPS) is 15.0. The van der Waals surface area contributed by atoms with Gasteiger partial charge in [-0.1, -0.05) is 45.9 Å². The molecule has 1 saturated heterocycles.